The summed E-state index contributed by atoms with van der Waals surface area (Å²) in [6.45, 7) is 5.11. The summed E-state index contributed by atoms with van der Waals surface area (Å²) in [5.41, 5.74) is 0.706. The van der Waals surface area contributed by atoms with Crippen LogP contribution in [-0.2, 0) is 14.3 Å². The fourth-order valence-electron chi connectivity index (χ4n) is 3.27. The summed E-state index contributed by atoms with van der Waals surface area (Å²) < 4.78 is 12.0. The number of aromatic nitrogens is 4. The summed E-state index contributed by atoms with van der Waals surface area (Å²) in [6.07, 6.45) is 1.25. The van der Waals surface area contributed by atoms with Gasteiger partial charge in [0.2, 0.25) is 11.1 Å². The number of methoxy groups -OCH3 is 1. The Morgan fingerprint density at radius 1 is 1.28 bits per heavy atom. The smallest absolute Gasteiger partial charge is 0.309 e. The first-order valence-corrected chi connectivity index (χ1v) is 10.5. The molecule has 2 heterocycles. The molecule has 10 heteroatoms. The molecule has 2 aromatic rings. The molecule has 0 saturated carbocycles. The van der Waals surface area contributed by atoms with Crippen LogP contribution < -0.4 is 4.74 Å². The Hall–Kier alpha value is -2.62. The molecule has 1 atom stereocenters. The van der Waals surface area contributed by atoms with Crippen molar-refractivity contribution >= 4 is 23.6 Å². The molecular formula is C19H25N5O4S. The number of rotatable bonds is 7. The molecule has 0 unspecified atom stereocenters. The quantitative estimate of drug-likeness (QED) is 0.496. The number of carbonyl (C=O) groups excluding carboxylic acids is 2. The van der Waals surface area contributed by atoms with Crippen molar-refractivity contribution in [1.29, 1.82) is 0 Å². The molecule has 0 spiro atoms. The Labute approximate surface area is 173 Å². The summed E-state index contributed by atoms with van der Waals surface area (Å²) in [4.78, 5) is 26.6. The van der Waals surface area contributed by atoms with E-state index in [0.29, 0.717) is 49.1 Å². The van der Waals surface area contributed by atoms with Gasteiger partial charge in [-0.3, -0.25) is 9.59 Å². The van der Waals surface area contributed by atoms with E-state index < -0.39 is 0 Å². The second-order valence-corrected chi connectivity index (χ2v) is 7.96. The third-order valence-corrected chi connectivity index (χ3v) is 5.83. The number of carbonyl (C=O) groups is 2. The molecule has 1 saturated heterocycles. The molecule has 156 valence electrons. The maximum atomic E-state index is 12.9. The highest BCUT2D eigenvalue weighted by molar-refractivity contribution is 8.00. The first-order chi connectivity index (χ1) is 14.0. The van der Waals surface area contributed by atoms with Gasteiger partial charge in [0.05, 0.1) is 24.9 Å². The molecule has 1 amide bonds. The molecule has 0 aliphatic carbocycles. The van der Waals surface area contributed by atoms with E-state index in [1.54, 1.807) is 23.6 Å². The van der Waals surface area contributed by atoms with Crippen LogP contribution in [0.15, 0.2) is 29.4 Å². The molecule has 9 nitrogen and oxygen atoms in total. The Bertz CT molecular complexity index is 851. The molecule has 1 aliphatic heterocycles. The molecule has 0 radical (unpaired) electrons. The minimum absolute atomic E-state index is 0.00638. The molecule has 0 N–H and O–H groups in total. The van der Waals surface area contributed by atoms with Crippen LogP contribution in [0, 0.1) is 5.92 Å². The van der Waals surface area contributed by atoms with Gasteiger partial charge in [-0.15, -0.1) is 5.10 Å². The van der Waals surface area contributed by atoms with Crippen LogP contribution in [-0.4, -0.2) is 69.0 Å². The van der Waals surface area contributed by atoms with Crippen LogP contribution in [0.1, 0.15) is 26.7 Å². The number of piperidine rings is 1. The zero-order valence-electron chi connectivity index (χ0n) is 16.8. The van der Waals surface area contributed by atoms with Crippen molar-refractivity contribution in [3.8, 4) is 11.4 Å². The predicted octanol–water partition coefficient (Wildman–Crippen LogP) is 1.95. The van der Waals surface area contributed by atoms with Gasteiger partial charge in [-0.2, -0.15) is 4.68 Å². The number of ether oxygens (including phenoxy) is 2. The van der Waals surface area contributed by atoms with Crippen molar-refractivity contribution in [2.24, 2.45) is 5.92 Å². The van der Waals surface area contributed by atoms with E-state index in [1.807, 2.05) is 31.2 Å². The molecule has 1 aromatic heterocycles. The monoisotopic (exact) mass is 419 g/mol. The highest BCUT2D eigenvalue weighted by Gasteiger charge is 2.31. The van der Waals surface area contributed by atoms with Crippen LogP contribution >= 0.6 is 11.8 Å². The van der Waals surface area contributed by atoms with Crippen LogP contribution in [0.25, 0.3) is 5.69 Å². The van der Waals surface area contributed by atoms with Crippen molar-refractivity contribution in [2.75, 3.05) is 26.8 Å². The van der Waals surface area contributed by atoms with Gasteiger partial charge < -0.3 is 14.4 Å². The predicted molar refractivity (Wildman–Crippen MR) is 107 cm³/mol. The van der Waals surface area contributed by atoms with E-state index in [9.17, 15) is 9.59 Å². The molecule has 29 heavy (non-hydrogen) atoms. The van der Waals surface area contributed by atoms with Gasteiger partial charge >= 0.3 is 5.97 Å². The molecule has 1 fully saturated rings. The van der Waals surface area contributed by atoms with Crippen LogP contribution in [0.4, 0.5) is 0 Å². The third-order valence-electron chi connectivity index (χ3n) is 4.81. The van der Waals surface area contributed by atoms with Crippen LogP contribution in [0.5, 0.6) is 5.75 Å². The Balaban J connectivity index is 1.63. The van der Waals surface area contributed by atoms with E-state index >= 15 is 0 Å². The zero-order chi connectivity index (χ0) is 20.8. The fraction of sp³-hybridized carbons (Fsp3) is 0.526. The standard InChI is InChI=1S/C19H25N5O4S/c1-4-28-18(26)14-9-11-23(12-10-14)17(25)13(2)29-19-20-21-22-24(19)15-7-5-6-8-16(15)27-3/h5-8,13-14H,4,9-12H2,1-3H3/t13-/m0/s1. The topological polar surface area (TPSA) is 99.4 Å². The number of benzene rings is 1. The number of para-hydroxylation sites is 2. The maximum absolute atomic E-state index is 12.9. The number of hydrogen-bond acceptors (Lipinski definition) is 8. The van der Waals surface area contributed by atoms with Crippen LogP contribution in [0.2, 0.25) is 0 Å². The summed E-state index contributed by atoms with van der Waals surface area (Å²) in [5.74, 6) is 0.353. The number of tetrazole rings is 1. The number of hydrogen-bond donors (Lipinski definition) is 0. The molecule has 0 bridgehead atoms. The molecule has 1 aromatic carbocycles. The summed E-state index contributed by atoms with van der Waals surface area (Å²) in [5, 5.41) is 12.0. The number of likely N-dealkylation sites (tertiary alicyclic amines) is 1. The maximum Gasteiger partial charge on any atom is 0.309 e. The summed E-state index contributed by atoms with van der Waals surface area (Å²) >= 11 is 1.30. The Morgan fingerprint density at radius 3 is 2.69 bits per heavy atom. The lowest BCUT2D eigenvalue weighted by Crippen LogP contribution is -2.43. The number of amides is 1. The van der Waals surface area contributed by atoms with Gasteiger partial charge in [-0.1, -0.05) is 23.9 Å². The average molecular weight is 420 g/mol. The van der Waals surface area contributed by atoms with Gasteiger partial charge in [0, 0.05) is 13.1 Å². The van der Waals surface area contributed by atoms with Crippen LogP contribution in [0.3, 0.4) is 0 Å². The lowest BCUT2D eigenvalue weighted by molar-refractivity contribution is -0.151. The minimum atomic E-state index is -0.367. The van der Waals surface area contributed by atoms with Gasteiger partial charge in [-0.25, -0.2) is 0 Å². The normalized spacial score (nSPS) is 15.8. The first-order valence-electron chi connectivity index (χ1n) is 9.59. The molecule has 3 rings (SSSR count). The van der Waals surface area contributed by atoms with Gasteiger partial charge in [-0.05, 0) is 49.2 Å². The van der Waals surface area contributed by atoms with E-state index in [1.165, 1.54) is 11.8 Å². The van der Waals surface area contributed by atoms with E-state index in [-0.39, 0.29) is 23.0 Å². The second kappa shape index (κ2) is 9.73. The van der Waals surface area contributed by atoms with Crippen molar-refractivity contribution in [3.05, 3.63) is 24.3 Å². The molecule has 1 aliphatic rings. The van der Waals surface area contributed by atoms with E-state index in [2.05, 4.69) is 15.5 Å². The third kappa shape index (κ3) is 4.87. The summed E-state index contributed by atoms with van der Waals surface area (Å²) in [6, 6.07) is 7.42. The van der Waals surface area contributed by atoms with Crippen molar-refractivity contribution in [2.45, 2.75) is 37.1 Å². The average Bonchev–Trinajstić information content (AvgIpc) is 3.21. The Morgan fingerprint density at radius 2 is 2.00 bits per heavy atom. The van der Waals surface area contributed by atoms with Crippen molar-refractivity contribution in [3.63, 3.8) is 0 Å². The highest BCUT2D eigenvalue weighted by atomic mass is 32.2. The van der Waals surface area contributed by atoms with Gasteiger partial charge in [0.1, 0.15) is 11.4 Å². The van der Waals surface area contributed by atoms with Crippen molar-refractivity contribution in [1.82, 2.24) is 25.1 Å². The molecular weight excluding hydrogens is 394 g/mol. The second-order valence-electron chi connectivity index (χ2n) is 6.66. The fourth-order valence-corrected chi connectivity index (χ4v) is 4.15. The minimum Gasteiger partial charge on any atom is -0.494 e. The number of thioether (sulfide) groups is 1. The highest BCUT2D eigenvalue weighted by Crippen LogP contribution is 2.29. The largest absolute Gasteiger partial charge is 0.494 e. The number of esters is 1. The SMILES string of the molecule is CCOC(=O)C1CCN(C(=O)[C@H](C)Sc2nnnn2-c2ccccc2OC)CC1. The van der Waals surface area contributed by atoms with Gasteiger partial charge in [0.15, 0.2) is 0 Å². The number of nitrogens with zero attached hydrogens (tertiary/aromatic N) is 5. The zero-order valence-corrected chi connectivity index (χ0v) is 17.6. The summed E-state index contributed by atoms with van der Waals surface area (Å²) in [7, 11) is 1.59. The van der Waals surface area contributed by atoms with Gasteiger partial charge in [0.25, 0.3) is 0 Å². The Kier molecular flexibility index (Phi) is 7.08. The lowest BCUT2D eigenvalue weighted by atomic mass is 9.97. The lowest BCUT2D eigenvalue weighted by Gasteiger charge is -2.32. The van der Waals surface area contributed by atoms with E-state index in [0.717, 1.165) is 0 Å². The van der Waals surface area contributed by atoms with E-state index in [4.69, 9.17) is 9.47 Å². The van der Waals surface area contributed by atoms with Crippen molar-refractivity contribution < 1.29 is 19.1 Å². The first kappa shape index (κ1) is 21.1.